The van der Waals surface area contributed by atoms with Crippen molar-refractivity contribution < 1.29 is 14.3 Å². The van der Waals surface area contributed by atoms with Gasteiger partial charge in [-0.25, -0.2) is 0 Å². The molecule has 35 heavy (non-hydrogen) atoms. The van der Waals surface area contributed by atoms with E-state index in [-0.39, 0.29) is 24.9 Å². The second kappa shape index (κ2) is 13.5. The molecule has 0 spiro atoms. The molecule has 1 heterocycles. The number of hydrogen-bond acceptors (Lipinski definition) is 4. The zero-order valence-electron chi connectivity index (χ0n) is 20.6. The summed E-state index contributed by atoms with van der Waals surface area (Å²) in [5.74, 6) is 0.434. The van der Waals surface area contributed by atoms with Gasteiger partial charge in [0.15, 0.2) is 0 Å². The molecule has 184 valence electrons. The molecule has 0 saturated carbocycles. The molecule has 3 rings (SSSR count). The maximum atomic E-state index is 13.5. The Labute approximate surface area is 212 Å². The molecule has 2 aromatic carbocycles. The van der Waals surface area contributed by atoms with Crippen LogP contribution >= 0.6 is 11.3 Å². The van der Waals surface area contributed by atoms with E-state index < -0.39 is 0 Å². The third kappa shape index (κ3) is 7.82. The van der Waals surface area contributed by atoms with Gasteiger partial charge in [-0.15, -0.1) is 17.9 Å². The first kappa shape index (κ1) is 26.2. The Morgan fingerprint density at radius 2 is 1.74 bits per heavy atom. The molecule has 6 heteroatoms. The molecule has 1 aromatic heterocycles. The Bertz CT molecular complexity index is 1090. The minimum atomic E-state index is -0.203. The number of unbranched alkanes of at least 4 members (excludes halogenated alkanes) is 1. The molecular formula is C29H34N2O3S. The summed E-state index contributed by atoms with van der Waals surface area (Å²) >= 11 is 1.64. The van der Waals surface area contributed by atoms with Crippen molar-refractivity contribution in [2.45, 2.75) is 39.8 Å². The summed E-state index contributed by atoms with van der Waals surface area (Å²) in [6.45, 7) is 9.88. The van der Waals surface area contributed by atoms with Gasteiger partial charge in [-0.1, -0.05) is 49.8 Å². The van der Waals surface area contributed by atoms with Gasteiger partial charge >= 0.3 is 0 Å². The number of rotatable bonds is 13. The van der Waals surface area contributed by atoms with Crippen molar-refractivity contribution in [1.29, 1.82) is 0 Å². The van der Waals surface area contributed by atoms with Crippen molar-refractivity contribution in [2.24, 2.45) is 0 Å². The van der Waals surface area contributed by atoms with Gasteiger partial charge in [-0.3, -0.25) is 9.59 Å². The number of carbonyl (C=O) groups is 2. The normalized spacial score (nSPS) is 10.6. The van der Waals surface area contributed by atoms with Gasteiger partial charge in [0, 0.05) is 23.5 Å². The first-order chi connectivity index (χ1) is 17.0. The van der Waals surface area contributed by atoms with Crippen molar-refractivity contribution in [1.82, 2.24) is 9.80 Å². The summed E-state index contributed by atoms with van der Waals surface area (Å²) in [6.07, 6.45) is 3.70. The quantitative estimate of drug-likeness (QED) is 0.215. The highest BCUT2D eigenvalue weighted by atomic mass is 32.1. The van der Waals surface area contributed by atoms with Gasteiger partial charge in [0.05, 0.1) is 13.2 Å². The van der Waals surface area contributed by atoms with E-state index in [4.69, 9.17) is 4.74 Å². The van der Waals surface area contributed by atoms with Crippen LogP contribution in [-0.4, -0.2) is 41.3 Å². The third-order valence-corrected chi connectivity index (χ3v) is 6.71. The maximum absolute atomic E-state index is 13.5. The lowest BCUT2D eigenvalue weighted by Gasteiger charge is -2.27. The van der Waals surface area contributed by atoms with E-state index in [1.165, 1.54) is 5.56 Å². The SMILES string of the molecule is C=CCN(CC(=O)N(Cc1ccccc1)Cc1sccc1C)C(=O)c1ccc(OCCCC)cc1. The lowest BCUT2D eigenvalue weighted by molar-refractivity contribution is -0.133. The highest BCUT2D eigenvalue weighted by Crippen LogP contribution is 2.20. The molecule has 0 aliphatic rings. The highest BCUT2D eigenvalue weighted by Gasteiger charge is 2.23. The van der Waals surface area contributed by atoms with E-state index in [0.717, 1.165) is 29.0 Å². The van der Waals surface area contributed by atoms with E-state index in [1.807, 2.05) is 40.6 Å². The molecule has 0 fully saturated rings. The van der Waals surface area contributed by atoms with Gasteiger partial charge in [0.25, 0.3) is 5.91 Å². The first-order valence-corrected chi connectivity index (χ1v) is 12.9. The fourth-order valence-electron chi connectivity index (χ4n) is 3.62. The summed E-state index contributed by atoms with van der Waals surface area (Å²) in [5, 5.41) is 2.04. The number of benzene rings is 2. The van der Waals surface area contributed by atoms with Crippen molar-refractivity contribution in [2.75, 3.05) is 19.7 Å². The Hall–Kier alpha value is -3.38. The first-order valence-electron chi connectivity index (χ1n) is 12.0. The number of ether oxygens (including phenoxy) is 1. The molecule has 3 aromatic rings. The number of thiophene rings is 1. The Kier molecular flexibility index (Phi) is 10.1. The van der Waals surface area contributed by atoms with E-state index in [9.17, 15) is 9.59 Å². The number of nitrogens with zero attached hydrogens (tertiary/aromatic N) is 2. The summed E-state index contributed by atoms with van der Waals surface area (Å²) in [6, 6.07) is 19.1. The molecule has 0 saturated heterocycles. The van der Waals surface area contributed by atoms with Crippen LogP contribution in [0.1, 0.15) is 46.1 Å². The second-order valence-corrected chi connectivity index (χ2v) is 9.46. The zero-order chi connectivity index (χ0) is 25.0. The van der Waals surface area contributed by atoms with Crippen LogP contribution in [-0.2, 0) is 17.9 Å². The molecule has 0 aliphatic carbocycles. The van der Waals surface area contributed by atoms with E-state index >= 15 is 0 Å². The molecular weight excluding hydrogens is 456 g/mol. The highest BCUT2D eigenvalue weighted by molar-refractivity contribution is 7.10. The lowest BCUT2D eigenvalue weighted by atomic mass is 10.1. The fourth-order valence-corrected chi connectivity index (χ4v) is 4.55. The van der Waals surface area contributed by atoms with Crippen LogP contribution in [0.5, 0.6) is 5.75 Å². The number of aryl methyl sites for hydroxylation is 1. The van der Waals surface area contributed by atoms with Crippen LogP contribution in [0.15, 0.2) is 78.7 Å². The molecule has 2 amide bonds. The van der Waals surface area contributed by atoms with Gasteiger partial charge in [0.1, 0.15) is 12.3 Å². The largest absolute Gasteiger partial charge is 0.494 e. The Balaban J connectivity index is 1.73. The number of hydrogen-bond donors (Lipinski definition) is 0. The van der Waals surface area contributed by atoms with Gasteiger partial charge in [-0.05, 0) is 60.2 Å². The molecule has 5 nitrogen and oxygen atoms in total. The van der Waals surface area contributed by atoms with E-state index in [0.29, 0.717) is 25.3 Å². The molecule has 0 unspecified atom stereocenters. The van der Waals surface area contributed by atoms with Crippen LogP contribution in [0.25, 0.3) is 0 Å². The molecule has 0 bridgehead atoms. The second-order valence-electron chi connectivity index (χ2n) is 8.46. The number of carbonyl (C=O) groups excluding carboxylic acids is 2. The summed E-state index contributed by atoms with van der Waals surface area (Å²) < 4.78 is 5.70. The standard InChI is InChI=1S/C29H34N2O3S/c1-4-6-18-34-26-14-12-25(13-15-26)29(33)30(17-5-2)22-28(32)31(20-24-10-8-7-9-11-24)21-27-23(3)16-19-35-27/h5,7-16,19H,2,4,6,17-18,20-22H2,1,3H3. The van der Waals surface area contributed by atoms with Crippen LogP contribution in [0.2, 0.25) is 0 Å². The minimum Gasteiger partial charge on any atom is -0.494 e. The fraction of sp³-hybridized carbons (Fsp3) is 0.310. The minimum absolute atomic E-state index is 0.0170. The van der Waals surface area contributed by atoms with Gasteiger partial charge in [-0.2, -0.15) is 0 Å². The topological polar surface area (TPSA) is 49.9 Å². The summed E-state index contributed by atoms with van der Waals surface area (Å²) in [5.41, 5.74) is 2.74. The summed E-state index contributed by atoms with van der Waals surface area (Å²) in [7, 11) is 0. The van der Waals surface area contributed by atoms with Crippen LogP contribution in [0, 0.1) is 6.92 Å². The van der Waals surface area contributed by atoms with Crippen molar-refractivity contribution >= 4 is 23.2 Å². The average Bonchev–Trinajstić information content (AvgIpc) is 3.28. The average molecular weight is 491 g/mol. The maximum Gasteiger partial charge on any atom is 0.254 e. The predicted molar refractivity (Wildman–Crippen MR) is 143 cm³/mol. The number of amides is 2. The Morgan fingerprint density at radius 3 is 2.37 bits per heavy atom. The van der Waals surface area contributed by atoms with Gasteiger partial charge < -0.3 is 14.5 Å². The zero-order valence-corrected chi connectivity index (χ0v) is 21.4. The molecule has 0 radical (unpaired) electrons. The Morgan fingerprint density at radius 1 is 1.00 bits per heavy atom. The van der Waals surface area contributed by atoms with Crippen LogP contribution in [0.4, 0.5) is 0 Å². The van der Waals surface area contributed by atoms with Crippen molar-refractivity contribution in [3.63, 3.8) is 0 Å². The third-order valence-electron chi connectivity index (χ3n) is 5.70. The lowest BCUT2D eigenvalue weighted by Crippen LogP contribution is -2.42. The monoisotopic (exact) mass is 490 g/mol. The van der Waals surface area contributed by atoms with Gasteiger partial charge in [0.2, 0.25) is 5.91 Å². The van der Waals surface area contributed by atoms with Crippen LogP contribution < -0.4 is 4.74 Å². The smallest absolute Gasteiger partial charge is 0.254 e. The van der Waals surface area contributed by atoms with Crippen molar-refractivity contribution in [3.05, 3.63) is 100 Å². The summed E-state index contributed by atoms with van der Waals surface area (Å²) in [4.78, 5) is 31.3. The molecule has 0 N–H and O–H groups in total. The van der Waals surface area contributed by atoms with E-state index in [1.54, 1.807) is 46.6 Å². The van der Waals surface area contributed by atoms with E-state index in [2.05, 4.69) is 26.5 Å². The molecule has 0 atom stereocenters. The predicted octanol–water partition coefficient (Wildman–Crippen LogP) is 6.09. The van der Waals surface area contributed by atoms with Crippen molar-refractivity contribution in [3.8, 4) is 5.75 Å². The van der Waals surface area contributed by atoms with Crippen LogP contribution in [0.3, 0.4) is 0 Å². The molecule has 0 aliphatic heterocycles.